The van der Waals surface area contributed by atoms with Gasteiger partial charge in [0.1, 0.15) is 0 Å². The molecule has 3 heteroatoms. The molecule has 2 atom stereocenters. The van der Waals surface area contributed by atoms with Crippen molar-refractivity contribution in [3.63, 3.8) is 0 Å². The molecule has 1 aromatic rings. The Kier molecular flexibility index (Phi) is 4.04. The summed E-state index contributed by atoms with van der Waals surface area (Å²) in [6.45, 7) is 6.19. The average molecular weight is 260 g/mol. The van der Waals surface area contributed by atoms with E-state index in [9.17, 15) is 0 Å². The number of ether oxygens (including phenoxy) is 1. The fourth-order valence-corrected chi connectivity index (χ4v) is 3.39. The summed E-state index contributed by atoms with van der Waals surface area (Å²) < 4.78 is 5.58. The van der Waals surface area contributed by atoms with Crippen LogP contribution in [0.3, 0.4) is 0 Å². The van der Waals surface area contributed by atoms with Gasteiger partial charge in [-0.15, -0.1) is 0 Å². The van der Waals surface area contributed by atoms with Gasteiger partial charge >= 0.3 is 0 Å². The molecule has 0 aliphatic carbocycles. The van der Waals surface area contributed by atoms with Crippen LogP contribution >= 0.6 is 0 Å². The first-order chi connectivity index (χ1) is 9.40. The van der Waals surface area contributed by atoms with Crippen LogP contribution < -0.4 is 10.2 Å². The van der Waals surface area contributed by atoms with E-state index in [0.29, 0.717) is 12.1 Å². The molecule has 0 spiro atoms. The number of rotatable bonds is 3. The van der Waals surface area contributed by atoms with Crippen LogP contribution in [-0.4, -0.2) is 32.3 Å². The number of nitrogens with one attached hydrogen (secondary N) is 1. The summed E-state index contributed by atoms with van der Waals surface area (Å²) in [5.74, 6) is 0. The highest BCUT2D eigenvalue weighted by molar-refractivity contribution is 5.56. The van der Waals surface area contributed by atoms with E-state index in [2.05, 4.69) is 41.4 Å². The molecule has 3 nitrogen and oxygen atoms in total. The zero-order valence-corrected chi connectivity index (χ0v) is 11.8. The molecule has 2 aliphatic heterocycles. The largest absolute Gasteiger partial charge is 0.379 e. The third kappa shape index (κ3) is 2.63. The van der Waals surface area contributed by atoms with Gasteiger partial charge in [0.05, 0.1) is 12.6 Å². The van der Waals surface area contributed by atoms with E-state index >= 15 is 0 Å². The lowest BCUT2D eigenvalue weighted by Gasteiger charge is -2.30. The van der Waals surface area contributed by atoms with Crippen molar-refractivity contribution in [3.05, 3.63) is 29.8 Å². The van der Waals surface area contributed by atoms with Crippen molar-refractivity contribution < 1.29 is 4.74 Å². The van der Waals surface area contributed by atoms with Gasteiger partial charge < -0.3 is 15.0 Å². The molecule has 2 heterocycles. The zero-order chi connectivity index (χ0) is 13.1. The number of nitrogens with zero attached hydrogens (tertiary/aromatic N) is 1. The zero-order valence-electron chi connectivity index (χ0n) is 11.8. The highest BCUT2D eigenvalue weighted by atomic mass is 16.5. The summed E-state index contributed by atoms with van der Waals surface area (Å²) in [4.78, 5) is 2.58. The van der Waals surface area contributed by atoms with Gasteiger partial charge in [-0.2, -0.15) is 0 Å². The second kappa shape index (κ2) is 5.93. The van der Waals surface area contributed by atoms with Crippen molar-refractivity contribution >= 4 is 5.69 Å². The van der Waals surface area contributed by atoms with E-state index < -0.39 is 0 Å². The molecule has 0 aromatic heterocycles. The Labute approximate surface area is 115 Å². The van der Waals surface area contributed by atoms with Crippen molar-refractivity contribution in [3.8, 4) is 0 Å². The lowest BCUT2D eigenvalue weighted by molar-refractivity contribution is 0.193. The normalized spacial score (nSPS) is 27.1. The molecule has 1 saturated heterocycles. The van der Waals surface area contributed by atoms with Gasteiger partial charge in [-0.25, -0.2) is 0 Å². The standard InChI is InChI=1S/C16H24N2O/c1-2-17-15-7-5-10-18(13-9-11-19-12-13)16-8-4-3-6-14(15)16/h3-4,6,8,13,15,17H,2,5,7,9-12H2,1H3. The van der Waals surface area contributed by atoms with Crippen LogP contribution in [0, 0.1) is 0 Å². The minimum Gasteiger partial charge on any atom is -0.379 e. The predicted molar refractivity (Wildman–Crippen MR) is 78.7 cm³/mol. The molecular formula is C16H24N2O. The van der Waals surface area contributed by atoms with Gasteiger partial charge in [-0.05, 0) is 37.4 Å². The van der Waals surface area contributed by atoms with Crippen LogP contribution in [0.25, 0.3) is 0 Å². The summed E-state index contributed by atoms with van der Waals surface area (Å²) >= 11 is 0. The first-order valence-electron chi connectivity index (χ1n) is 7.57. The molecule has 0 saturated carbocycles. The van der Waals surface area contributed by atoms with Crippen LogP contribution in [0.2, 0.25) is 0 Å². The van der Waals surface area contributed by atoms with Crippen molar-refractivity contribution in [1.29, 1.82) is 0 Å². The fraction of sp³-hybridized carbons (Fsp3) is 0.625. The van der Waals surface area contributed by atoms with E-state index in [4.69, 9.17) is 4.74 Å². The Balaban J connectivity index is 1.92. The van der Waals surface area contributed by atoms with Gasteiger partial charge in [-0.1, -0.05) is 25.1 Å². The topological polar surface area (TPSA) is 24.5 Å². The van der Waals surface area contributed by atoms with Crippen molar-refractivity contribution in [2.24, 2.45) is 0 Å². The Morgan fingerprint density at radius 3 is 3.00 bits per heavy atom. The number of fused-ring (bicyclic) bond motifs is 1. The SMILES string of the molecule is CCNC1CCCN(C2CCOC2)c2ccccc21. The highest BCUT2D eigenvalue weighted by Gasteiger charge is 2.28. The van der Waals surface area contributed by atoms with Gasteiger partial charge in [0, 0.05) is 24.9 Å². The molecule has 1 aromatic carbocycles. The summed E-state index contributed by atoms with van der Waals surface area (Å²) in [6, 6.07) is 9.98. The van der Waals surface area contributed by atoms with E-state index in [-0.39, 0.29) is 0 Å². The molecule has 104 valence electrons. The predicted octanol–water partition coefficient (Wildman–Crippen LogP) is 2.73. The van der Waals surface area contributed by atoms with Crippen LogP contribution in [-0.2, 0) is 4.74 Å². The third-order valence-corrected chi connectivity index (χ3v) is 4.31. The summed E-state index contributed by atoms with van der Waals surface area (Å²) in [5, 5.41) is 3.63. The molecule has 2 unspecified atom stereocenters. The van der Waals surface area contributed by atoms with Crippen LogP contribution in [0.1, 0.15) is 37.8 Å². The monoisotopic (exact) mass is 260 g/mol. The first-order valence-corrected chi connectivity index (χ1v) is 7.57. The molecule has 0 radical (unpaired) electrons. The Bertz CT molecular complexity index is 415. The first kappa shape index (κ1) is 12.9. The summed E-state index contributed by atoms with van der Waals surface area (Å²) in [5.41, 5.74) is 2.88. The van der Waals surface area contributed by atoms with Crippen LogP contribution in [0.4, 0.5) is 5.69 Å². The molecule has 3 rings (SSSR count). The van der Waals surface area contributed by atoms with Gasteiger partial charge in [0.25, 0.3) is 0 Å². The van der Waals surface area contributed by atoms with E-state index in [0.717, 1.165) is 26.3 Å². The Hall–Kier alpha value is -1.06. The maximum Gasteiger partial charge on any atom is 0.0670 e. The second-order valence-corrected chi connectivity index (χ2v) is 5.52. The van der Waals surface area contributed by atoms with Gasteiger partial charge in [0.2, 0.25) is 0 Å². The maximum absolute atomic E-state index is 5.58. The lowest BCUT2D eigenvalue weighted by Crippen LogP contribution is -2.36. The minimum absolute atomic E-state index is 0.508. The number of hydrogen-bond donors (Lipinski definition) is 1. The van der Waals surface area contributed by atoms with Crippen molar-refractivity contribution in [2.45, 2.75) is 38.3 Å². The quantitative estimate of drug-likeness (QED) is 0.904. The van der Waals surface area contributed by atoms with E-state index in [1.54, 1.807) is 0 Å². The van der Waals surface area contributed by atoms with Crippen molar-refractivity contribution in [2.75, 3.05) is 31.2 Å². The summed E-state index contributed by atoms with van der Waals surface area (Å²) in [6.07, 6.45) is 3.65. The average Bonchev–Trinajstić information content (AvgIpc) is 2.90. The number of para-hydroxylation sites is 1. The van der Waals surface area contributed by atoms with Gasteiger partial charge in [-0.3, -0.25) is 0 Å². The molecular weight excluding hydrogens is 236 g/mol. The Morgan fingerprint density at radius 2 is 2.21 bits per heavy atom. The maximum atomic E-state index is 5.58. The number of benzene rings is 1. The minimum atomic E-state index is 0.508. The molecule has 1 fully saturated rings. The molecule has 0 bridgehead atoms. The summed E-state index contributed by atoms with van der Waals surface area (Å²) in [7, 11) is 0. The van der Waals surface area contributed by atoms with Crippen molar-refractivity contribution in [1.82, 2.24) is 5.32 Å². The van der Waals surface area contributed by atoms with E-state index in [1.807, 2.05) is 0 Å². The molecule has 1 N–H and O–H groups in total. The van der Waals surface area contributed by atoms with Gasteiger partial charge in [0.15, 0.2) is 0 Å². The lowest BCUT2D eigenvalue weighted by atomic mass is 10.0. The third-order valence-electron chi connectivity index (χ3n) is 4.31. The molecule has 0 amide bonds. The second-order valence-electron chi connectivity index (χ2n) is 5.52. The molecule has 19 heavy (non-hydrogen) atoms. The highest BCUT2D eigenvalue weighted by Crippen LogP contribution is 2.35. The number of anilines is 1. The fourth-order valence-electron chi connectivity index (χ4n) is 3.39. The van der Waals surface area contributed by atoms with Crippen LogP contribution in [0.5, 0.6) is 0 Å². The van der Waals surface area contributed by atoms with Crippen LogP contribution in [0.15, 0.2) is 24.3 Å². The number of hydrogen-bond acceptors (Lipinski definition) is 3. The smallest absolute Gasteiger partial charge is 0.0670 e. The molecule has 2 aliphatic rings. The Morgan fingerprint density at radius 1 is 1.32 bits per heavy atom. The van der Waals surface area contributed by atoms with E-state index in [1.165, 1.54) is 30.5 Å².